The summed E-state index contributed by atoms with van der Waals surface area (Å²) in [5.41, 5.74) is 5.00. The Labute approximate surface area is 210 Å². The van der Waals surface area contributed by atoms with Crippen molar-refractivity contribution in [3.05, 3.63) is 42.0 Å². The number of hydrogen-bond donors (Lipinski definition) is 2. The van der Waals surface area contributed by atoms with E-state index in [0.29, 0.717) is 25.6 Å². The standard InChI is InChI=1S/C27H33N5O4/c33-27-28-8-1-13-35-21-3-4-24-22(17-21)26(30-29-24)23-16-19(18-36-27)2-5-25(23)32-9-6-20(7-10-32)31-11-14-34-15-12-31/h2-5,16-17,20H,1,6-15,18H2,(H,28,33)(H,29,30). The fourth-order valence-corrected chi connectivity index (χ4v) is 5.49. The van der Waals surface area contributed by atoms with Crippen LogP contribution < -0.4 is 15.0 Å². The molecule has 190 valence electrons. The van der Waals surface area contributed by atoms with Gasteiger partial charge >= 0.3 is 6.09 Å². The number of benzene rings is 2. The highest BCUT2D eigenvalue weighted by molar-refractivity contribution is 5.97. The molecule has 3 aliphatic heterocycles. The number of H-pyrrole nitrogens is 1. The summed E-state index contributed by atoms with van der Waals surface area (Å²) in [6.07, 6.45) is 2.54. The van der Waals surface area contributed by atoms with Gasteiger partial charge in [-0.3, -0.25) is 10.00 Å². The lowest BCUT2D eigenvalue weighted by atomic mass is 9.98. The largest absolute Gasteiger partial charge is 0.494 e. The van der Waals surface area contributed by atoms with Gasteiger partial charge in [-0.1, -0.05) is 6.07 Å². The van der Waals surface area contributed by atoms with Crippen molar-refractivity contribution < 1.29 is 19.0 Å². The molecule has 1 amide bonds. The third-order valence-electron chi connectivity index (χ3n) is 7.45. The van der Waals surface area contributed by atoms with Gasteiger partial charge in [0.2, 0.25) is 0 Å². The summed E-state index contributed by atoms with van der Waals surface area (Å²) in [4.78, 5) is 17.2. The number of carbonyl (C=O) groups is 1. The van der Waals surface area contributed by atoms with E-state index in [1.807, 2.05) is 12.1 Å². The minimum Gasteiger partial charge on any atom is -0.494 e. The summed E-state index contributed by atoms with van der Waals surface area (Å²) < 4.78 is 17.0. The second-order valence-electron chi connectivity index (χ2n) is 9.70. The van der Waals surface area contributed by atoms with Crippen molar-refractivity contribution in [2.24, 2.45) is 0 Å². The molecule has 4 bridgehead atoms. The summed E-state index contributed by atoms with van der Waals surface area (Å²) in [6, 6.07) is 13.0. The van der Waals surface area contributed by atoms with E-state index in [4.69, 9.17) is 19.3 Å². The lowest BCUT2D eigenvalue weighted by molar-refractivity contribution is 0.0115. The van der Waals surface area contributed by atoms with Crippen molar-refractivity contribution in [2.75, 3.05) is 57.4 Å². The number of amides is 1. The third-order valence-corrected chi connectivity index (χ3v) is 7.45. The lowest BCUT2D eigenvalue weighted by Gasteiger charge is -2.41. The lowest BCUT2D eigenvalue weighted by Crippen LogP contribution is -2.49. The smallest absolute Gasteiger partial charge is 0.407 e. The van der Waals surface area contributed by atoms with Crippen LogP contribution in [0.1, 0.15) is 24.8 Å². The van der Waals surface area contributed by atoms with Gasteiger partial charge in [0.05, 0.1) is 25.3 Å². The predicted octanol–water partition coefficient (Wildman–Crippen LogP) is 3.54. The minimum atomic E-state index is -0.414. The minimum absolute atomic E-state index is 0.211. The first kappa shape index (κ1) is 23.1. The van der Waals surface area contributed by atoms with E-state index < -0.39 is 6.09 Å². The zero-order chi connectivity index (χ0) is 24.3. The number of hydrogen-bond acceptors (Lipinski definition) is 7. The van der Waals surface area contributed by atoms with E-state index in [0.717, 1.165) is 91.4 Å². The molecule has 2 saturated heterocycles. The molecule has 0 unspecified atom stereocenters. The summed E-state index contributed by atoms with van der Waals surface area (Å²) in [5.74, 6) is 0.798. The normalized spacial score (nSPS) is 20.3. The molecule has 36 heavy (non-hydrogen) atoms. The second-order valence-corrected chi connectivity index (χ2v) is 9.70. The van der Waals surface area contributed by atoms with E-state index in [-0.39, 0.29) is 6.61 Å². The highest BCUT2D eigenvalue weighted by Gasteiger charge is 2.27. The first-order valence-corrected chi connectivity index (χ1v) is 13.0. The highest BCUT2D eigenvalue weighted by Crippen LogP contribution is 2.38. The number of nitrogens with zero attached hydrogens (tertiary/aromatic N) is 3. The summed E-state index contributed by atoms with van der Waals surface area (Å²) in [6.45, 7) is 6.94. The van der Waals surface area contributed by atoms with Crippen LogP contribution in [0.4, 0.5) is 10.5 Å². The molecule has 2 N–H and O–H groups in total. The molecule has 0 atom stereocenters. The molecule has 3 aliphatic rings. The molecule has 6 rings (SSSR count). The number of fused-ring (bicyclic) bond motifs is 4. The van der Waals surface area contributed by atoms with Crippen LogP contribution in [-0.4, -0.2) is 79.8 Å². The zero-order valence-corrected chi connectivity index (χ0v) is 20.5. The topological polar surface area (TPSA) is 91.9 Å². The summed E-state index contributed by atoms with van der Waals surface area (Å²) in [5, 5.41) is 11.7. The Kier molecular flexibility index (Phi) is 6.65. The van der Waals surface area contributed by atoms with E-state index in [2.05, 4.69) is 44.5 Å². The molecule has 9 heteroatoms. The monoisotopic (exact) mass is 491 g/mol. The van der Waals surface area contributed by atoms with Gasteiger partial charge in [0.15, 0.2) is 0 Å². The van der Waals surface area contributed by atoms with Crippen LogP contribution in [0.3, 0.4) is 0 Å². The molecule has 0 spiro atoms. The molecule has 2 fully saturated rings. The van der Waals surface area contributed by atoms with E-state index in [1.54, 1.807) is 0 Å². The van der Waals surface area contributed by atoms with Crippen molar-refractivity contribution in [1.82, 2.24) is 20.4 Å². The molecule has 2 aromatic carbocycles. The Morgan fingerprint density at radius 2 is 1.81 bits per heavy atom. The van der Waals surface area contributed by atoms with Crippen LogP contribution in [0.2, 0.25) is 0 Å². The maximum Gasteiger partial charge on any atom is 0.407 e. The van der Waals surface area contributed by atoms with E-state index in [1.165, 1.54) is 0 Å². The number of anilines is 1. The first-order valence-electron chi connectivity index (χ1n) is 13.0. The first-order chi connectivity index (χ1) is 17.7. The van der Waals surface area contributed by atoms with Crippen LogP contribution >= 0.6 is 0 Å². The molecule has 9 nitrogen and oxygen atoms in total. The van der Waals surface area contributed by atoms with Crippen LogP contribution in [0.5, 0.6) is 5.75 Å². The van der Waals surface area contributed by atoms with Crippen molar-refractivity contribution in [3.63, 3.8) is 0 Å². The Morgan fingerprint density at radius 1 is 0.944 bits per heavy atom. The molecule has 4 heterocycles. The molecule has 0 aliphatic carbocycles. The maximum atomic E-state index is 12.1. The molecular formula is C27H33N5O4. The molecular weight excluding hydrogens is 458 g/mol. The van der Waals surface area contributed by atoms with Gasteiger partial charge in [0.25, 0.3) is 0 Å². The number of cyclic esters (lactones) is 1. The Hall–Kier alpha value is -3.30. The number of alkyl carbamates (subject to hydrolysis) is 1. The molecule has 0 saturated carbocycles. The number of carbonyl (C=O) groups excluding carboxylic acids is 1. The molecule has 0 radical (unpaired) electrons. The van der Waals surface area contributed by atoms with Gasteiger partial charge in [-0.2, -0.15) is 5.10 Å². The Morgan fingerprint density at radius 3 is 2.67 bits per heavy atom. The van der Waals surface area contributed by atoms with Crippen molar-refractivity contribution in [2.45, 2.75) is 31.9 Å². The summed E-state index contributed by atoms with van der Waals surface area (Å²) >= 11 is 0. The summed E-state index contributed by atoms with van der Waals surface area (Å²) in [7, 11) is 0. The van der Waals surface area contributed by atoms with E-state index in [9.17, 15) is 4.79 Å². The molecule has 3 aromatic rings. The number of aromatic amines is 1. The van der Waals surface area contributed by atoms with Crippen molar-refractivity contribution in [1.29, 1.82) is 0 Å². The maximum absolute atomic E-state index is 12.1. The fraction of sp³-hybridized carbons (Fsp3) is 0.481. The van der Waals surface area contributed by atoms with Gasteiger partial charge in [0.1, 0.15) is 18.1 Å². The number of piperidine rings is 1. The van der Waals surface area contributed by atoms with Crippen LogP contribution in [0.25, 0.3) is 22.2 Å². The highest BCUT2D eigenvalue weighted by atomic mass is 16.5. The molecule has 1 aromatic heterocycles. The number of rotatable bonds is 2. The average molecular weight is 492 g/mol. The third kappa shape index (κ3) is 4.85. The quantitative estimate of drug-likeness (QED) is 0.567. The van der Waals surface area contributed by atoms with Crippen molar-refractivity contribution >= 4 is 22.7 Å². The number of aromatic nitrogens is 2. The van der Waals surface area contributed by atoms with Gasteiger partial charge < -0.3 is 24.4 Å². The zero-order valence-electron chi connectivity index (χ0n) is 20.5. The number of morpholine rings is 1. The van der Waals surface area contributed by atoms with Crippen LogP contribution in [0, 0.1) is 0 Å². The van der Waals surface area contributed by atoms with Gasteiger partial charge in [-0.05, 0) is 55.2 Å². The average Bonchev–Trinajstić information content (AvgIpc) is 3.35. The van der Waals surface area contributed by atoms with Gasteiger partial charge in [-0.25, -0.2) is 4.79 Å². The Bertz CT molecular complexity index is 1210. The van der Waals surface area contributed by atoms with Gasteiger partial charge in [-0.15, -0.1) is 0 Å². The van der Waals surface area contributed by atoms with Gasteiger partial charge in [0, 0.05) is 55.4 Å². The van der Waals surface area contributed by atoms with Crippen LogP contribution in [0.15, 0.2) is 36.4 Å². The SMILES string of the molecule is O=C1NCCCOc2ccc3[nH]nc(c3c2)-c2cc(ccc2N2CCC(N3CCOCC3)CC2)CO1. The number of nitrogens with one attached hydrogen (secondary N) is 2. The second kappa shape index (κ2) is 10.4. The van der Waals surface area contributed by atoms with Crippen molar-refractivity contribution in [3.8, 4) is 17.0 Å². The predicted molar refractivity (Wildman–Crippen MR) is 137 cm³/mol. The number of ether oxygens (including phenoxy) is 3. The van der Waals surface area contributed by atoms with E-state index >= 15 is 0 Å². The Balaban J connectivity index is 1.33. The fourth-order valence-electron chi connectivity index (χ4n) is 5.49. The van der Waals surface area contributed by atoms with Crippen LogP contribution in [-0.2, 0) is 16.1 Å².